The third-order valence-electron chi connectivity index (χ3n) is 3.98. The van der Waals surface area contributed by atoms with Gasteiger partial charge >= 0.3 is 0 Å². The Hall–Kier alpha value is -3.48. The Bertz CT molecular complexity index is 960. The molecule has 0 aliphatic carbocycles. The second kappa shape index (κ2) is 6.20. The maximum atomic E-state index is 12.4. The zero-order valence-electron chi connectivity index (χ0n) is 14.0. The molecule has 6 N–H and O–H groups in total. The van der Waals surface area contributed by atoms with Crippen molar-refractivity contribution < 1.29 is 9.53 Å². The molecule has 0 radical (unpaired) electrons. The average Bonchev–Trinajstić information content (AvgIpc) is 3.04. The molecule has 0 spiro atoms. The van der Waals surface area contributed by atoms with Gasteiger partial charge in [0, 0.05) is 18.1 Å². The SMILES string of the molecule is Cc1ccc(Oc2ccc(N)cc2)c2[nH]c(C(=O)N(C)C(=N)N)cc12. The van der Waals surface area contributed by atoms with E-state index in [1.807, 2.05) is 19.1 Å². The molecule has 1 amide bonds. The molecule has 2 aromatic carbocycles. The first-order chi connectivity index (χ1) is 11.9. The molecule has 25 heavy (non-hydrogen) atoms. The number of aromatic nitrogens is 1. The van der Waals surface area contributed by atoms with Crippen LogP contribution < -0.4 is 16.2 Å². The van der Waals surface area contributed by atoms with Gasteiger partial charge in [-0.1, -0.05) is 6.07 Å². The summed E-state index contributed by atoms with van der Waals surface area (Å²) >= 11 is 0. The summed E-state index contributed by atoms with van der Waals surface area (Å²) in [5.74, 6) is 0.526. The summed E-state index contributed by atoms with van der Waals surface area (Å²) in [6.45, 7) is 1.95. The fraction of sp³-hybridized carbons (Fsp3) is 0.111. The van der Waals surface area contributed by atoms with E-state index in [0.29, 0.717) is 28.4 Å². The van der Waals surface area contributed by atoms with Gasteiger partial charge in [-0.15, -0.1) is 0 Å². The Morgan fingerprint density at radius 1 is 1.20 bits per heavy atom. The molecule has 0 atom stereocenters. The second-order valence-corrected chi connectivity index (χ2v) is 5.77. The van der Waals surface area contributed by atoms with Gasteiger partial charge in [0.05, 0.1) is 5.52 Å². The molecule has 1 aromatic heterocycles. The number of hydrogen-bond donors (Lipinski definition) is 4. The molecule has 7 nitrogen and oxygen atoms in total. The highest BCUT2D eigenvalue weighted by Crippen LogP contribution is 2.32. The van der Waals surface area contributed by atoms with Crippen molar-refractivity contribution in [3.05, 3.63) is 53.7 Å². The minimum atomic E-state index is -0.387. The number of H-pyrrole nitrogens is 1. The van der Waals surface area contributed by atoms with Gasteiger partial charge in [-0.2, -0.15) is 0 Å². The summed E-state index contributed by atoms with van der Waals surface area (Å²) in [4.78, 5) is 16.5. The van der Waals surface area contributed by atoms with Crippen molar-refractivity contribution in [2.24, 2.45) is 5.73 Å². The van der Waals surface area contributed by atoms with E-state index < -0.39 is 0 Å². The van der Waals surface area contributed by atoms with Crippen LogP contribution in [0.5, 0.6) is 11.5 Å². The monoisotopic (exact) mass is 337 g/mol. The number of carbonyl (C=O) groups is 1. The van der Waals surface area contributed by atoms with Crippen LogP contribution in [-0.2, 0) is 0 Å². The van der Waals surface area contributed by atoms with Gasteiger partial charge in [0.1, 0.15) is 11.4 Å². The maximum absolute atomic E-state index is 12.4. The first kappa shape index (κ1) is 16.4. The number of amides is 1. The summed E-state index contributed by atoms with van der Waals surface area (Å²) in [6.07, 6.45) is 0. The fourth-order valence-corrected chi connectivity index (χ4v) is 2.49. The molecule has 0 fully saturated rings. The van der Waals surface area contributed by atoms with Gasteiger partial charge in [0.15, 0.2) is 11.7 Å². The number of benzene rings is 2. The standard InChI is InChI=1S/C18H19N5O2/c1-10-3-8-15(25-12-6-4-11(19)5-7-12)16-13(10)9-14(22-16)17(24)23(2)18(20)21/h3-9,22H,19H2,1-2H3,(H3,20,21). The molecule has 1 heterocycles. The van der Waals surface area contributed by atoms with Crippen molar-refractivity contribution >= 4 is 28.5 Å². The van der Waals surface area contributed by atoms with Gasteiger partial charge in [0.2, 0.25) is 0 Å². The first-order valence-electron chi connectivity index (χ1n) is 7.64. The van der Waals surface area contributed by atoms with Gasteiger partial charge in [-0.3, -0.25) is 15.1 Å². The van der Waals surface area contributed by atoms with Crippen molar-refractivity contribution in [2.45, 2.75) is 6.92 Å². The number of carbonyl (C=O) groups excluding carboxylic acids is 1. The Morgan fingerprint density at radius 3 is 2.52 bits per heavy atom. The maximum Gasteiger partial charge on any atom is 0.276 e. The quantitative estimate of drug-likeness (QED) is 0.333. The highest BCUT2D eigenvalue weighted by molar-refractivity contribution is 6.06. The van der Waals surface area contributed by atoms with Gasteiger partial charge in [-0.05, 0) is 48.9 Å². The molecule has 3 rings (SSSR count). The third-order valence-corrected chi connectivity index (χ3v) is 3.98. The van der Waals surface area contributed by atoms with Crippen LogP contribution >= 0.6 is 0 Å². The number of ether oxygens (including phenoxy) is 1. The van der Waals surface area contributed by atoms with Crippen molar-refractivity contribution in [2.75, 3.05) is 12.8 Å². The number of nitrogen functional groups attached to an aromatic ring is 1. The zero-order valence-corrected chi connectivity index (χ0v) is 14.0. The van der Waals surface area contributed by atoms with Crippen LogP contribution in [-0.4, -0.2) is 28.8 Å². The number of anilines is 1. The molecular weight excluding hydrogens is 318 g/mol. The lowest BCUT2D eigenvalue weighted by atomic mass is 10.1. The van der Waals surface area contributed by atoms with E-state index >= 15 is 0 Å². The van der Waals surface area contributed by atoms with Crippen LogP contribution in [0.15, 0.2) is 42.5 Å². The van der Waals surface area contributed by atoms with Gasteiger partial charge in [-0.25, -0.2) is 0 Å². The Morgan fingerprint density at radius 2 is 1.88 bits per heavy atom. The summed E-state index contributed by atoms with van der Waals surface area (Å²) in [5, 5.41) is 8.27. The predicted octanol–water partition coefficient (Wildman–Crippen LogP) is 2.82. The Kier molecular flexibility index (Phi) is 4.06. The number of nitrogens with two attached hydrogens (primary N) is 2. The number of nitrogens with one attached hydrogen (secondary N) is 2. The van der Waals surface area contributed by atoms with Crippen LogP contribution in [0.2, 0.25) is 0 Å². The molecular formula is C18H19N5O2. The molecule has 3 aromatic rings. The Balaban J connectivity index is 2.03. The van der Waals surface area contributed by atoms with Crippen molar-refractivity contribution in [1.82, 2.24) is 9.88 Å². The lowest BCUT2D eigenvalue weighted by molar-refractivity contribution is 0.0864. The van der Waals surface area contributed by atoms with Gasteiger partial charge < -0.3 is 21.2 Å². The number of nitrogens with zero attached hydrogens (tertiary/aromatic N) is 1. The van der Waals surface area contributed by atoms with E-state index in [0.717, 1.165) is 15.8 Å². The van der Waals surface area contributed by atoms with Crippen LogP contribution in [0.1, 0.15) is 16.1 Å². The molecule has 0 bridgehead atoms. The van der Waals surface area contributed by atoms with E-state index in [1.165, 1.54) is 7.05 Å². The molecule has 7 heteroatoms. The number of aromatic amines is 1. The molecule has 128 valence electrons. The predicted molar refractivity (Wildman–Crippen MR) is 98.0 cm³/mol. The lowest BCUT2D eigenvalue weighted by Gasteiger charge is -2.12. The Labute approximate surface area is 144 Å². The smallest absolute Gasteiger partial charge is 0.276 e. The topological polar surface area (TPSA) is 121 Å². The van der Waals surface area contributed by atoms with E-state index in [2.05, 4.69) is 4.98 Å². The number of guanidine groups is 1. The van der Waals surface area contributed by atoms with Crippen molar-refractivity contribution in [1.29, 1.82) is 5.41 Å². The summed E-state index contributed by atoms with van der Waals surface area (Å²) < 4.78 is 5.92. The van der Waals surface area contributed by atoms with E-state index in [1.54, 1.807) is 30.3 Å². The second-order valence-electron chi connectivity index (χ2n) is 5.77. The van der Waals surface area contributed by atoms with E-state index in [-0.39, 0.29) is 11.9 Å². The molecule has 0 unspecified atom stereocenters. The van der Waals surface area contributed by atoms with Crippen LogP contribution in [0.25, 0.3) is 10.9 Å². The van der Waals surface area contributed by atoms with Crippen molar-refractivity contribution in [3.8, 4) is 11.5 Å². The molecule has 0 aliphatic heterocycles. The fourth-order valence-electron chi connectivity index (χ4n) is 2.49. The molecule has 0 saturated heterocycles. The number of aryl methyl sites for hydroxylation is 1. The normalized spacial score (nSPS) is 10.6. The number of rotatable bonds is 3. The van der Waals surface area contributed by atoms with Crippen molar-refractivity contribution in [3.63, 3.8) is 0 Å². The van der Waals surface area contributed by atoms with Crippen LogP contribution in [0.3, 0.4) is 0 Å². The largest absolute Gasteiger partial charge is 0.455 e. The highest BCUT2D eigenvalue weighted by atomic mass is 16.5. The summed E-state index contributed by atoms with van der Waals surface area (Å²) in [6, 6.07) is 12.6. The molecule has 0 saturated carbocycles. The third kappa shape index (κ3) is 3.12. The van der Waals surface area contributed by atoms with E-state index in [4.69, 9.17) is 21.6 Å². The van der Waals surface area contributed by atoms with Crippen LogP contribution in [0.4, 0.5) is 5.69 Å². The van der Waals surface area contributed by atoms with E-state index in [9.17, 15) is 4.79 Å². The minimum absolute atomic E-state index is 0.321. The van der Waals surface area contributed by atoms with Gasteiger partial charge in [0.25, 0.3) is 5.91 Å². The lowest BCUT2D eigenvalue weighted by Crippen LogP contribution is -2.38. The number of hydrogen-bond acceptors (Lipinski definition) is 4. The van der Waals surface area contributed by atoms with Crippen LogP contribution in [0, 0.1) is 12.3 Å². The summed E-state index contributed by atoms with van der Waals surface area (Å²) in [7, 11) is 1.45. The first-order valence-corrected chi connectivity index (χ1v) is 7.64. The zero-order chi connectivity index (χ0) is 18.1. The minimum Gasteiger partial charge on any atom is -0.455 e. The summed E-state index contributed by atoms with van der Waals surface area (Å²) in [5.41, 5.74) is 13.8. The number of fused-ring (bicyclic) bond motifs is 1. The highest BCUT2D eigenvalue weighted by Gasteiger charge is 2.18. The molecule has 0 aliphatic rings. The average molecular weight is 337 g/mol.